The van der Waals surface area contributed by atoms with E-state index in [2.05, 4.69) is 0 Å². The summed E-state index contributed by atoms with van der Waals surface area (Å²) in [5, 5.41) is 0. The van der Waals surface area contributed by atoms with Crippen LogP contribution in [0.5, 0.6) is 0 Å². The van der Waals surface area contributed by atoms with E-state index in [1.807, 2.05) is 54.6 Å². The molecule has 0 aliphatic carbocycles. The third kappa shape index (κ3) is 3.11. The minimum Gasteiger partial charge on any atom is -0.449 e. The van der Waals surface area contributed by atoms with Gasteiger partial charge in [-0.05, 0) is 24.1 Å². The Morgan fingerprint density at radius 2 is 1.83 bits per heavy atom. The molecule has 0 aromatic heterocycles. The SMILES string of the molecule is CCOC(=O)N1c2ccccc2CC(=O)CC1c1ccccc1. The highest BCUT2D eigenvalue weighted by molar-refractivity contribution is 5.95. The molecule has 0 bridgehead atoms. The number of amides is 1. The molecule has 4 nitrogen and oxygen atoms in total. The maximum absolute atomic E-state index is 12.6. The van der Waals surface area contributed by atoms with Gasteiger partial charge in [0.2, 0.25) is 0 Å². The van der Waals surface area contributed by atoms with Crippen LogP contribution in [0.25, 0.3) is 0 Å². The molecule has 23 heavy (non-hydrogen) atoms. The molecule has 1 heterocycles. The summed E-state index contributed by atoms with van der Waals surface area (Å²) < 4.78 is 5.26. The average molecular weight is 309 g/mol. The molecule has 1 atom stereocenters. The normalized spacial score (nSPS) is 17.3. The van der Waals surface area contributed by atoms with Gasteiger partial charge in [0.1, 0.15) is 5.78 Å². The van der Waals surface area contributed by atoms with E-state index < -0.39 is 6.09 Å². The predicted octanol–water partition coefficient (Wildman–Crippen LogP) is 3.91. The summed E-state index contributed by atoms with van der Waals surface area (Å²) in [7, 11) is 0. The smallest absolute Gasteiger partial charge is 0.414 e. The number of benzene rings is 2. The second-order valence-corrected chi connectivity index (χ2v) is 5.54. The zero-order valence-electron chi connectivity index (χ0n) is 13.1. The summed E-state index contributed by atoms with van der Waals surface area (Å²) in [6, 6.07) is 16.8. The van der Waals surface area contributed by atoms with Crippen LogP contribution in [-0.2, 0) is 16.0 Å². The molecule has 0 N–H and O–H groups in total. The Bertz CT molecular complexity index is 712. The highest BCUT2D eigenvalue weighted by Gasteiger charge is 2.34. The number of rotatable bonds is 2. The first-order valence-corrected chi connectivity index (χ1v) is 7.81. The van der Waals surface area contributed by atoms with E-state index in [1.54, 1.807) is 11.8 Å². The molecule has 0 saturated heterocycles. The Balaban J connectivity index is 2.12. The fourth-order valence-corrected chi connectivity index (χ4v) is 3.02. The standard InChI is InChI=1S/C19H19NO3/c1-2-23-19(22)20-17-11-7-6-10-15(17)12-16(21)13-18(20)14-8-4-3-5-9-14/h3-11,18H,2,12-13H2,1H3. The summed E-state index contributed by atoms with van der Waals surface area (Å²) in [6.07, 6.45) is 0.218. The van der Waals surface area contributed by atoms with Gasteiger partial charge in [-0.15, -0.1) is 0 Å². The zero-order valence-corrected chi connectivity index (χ0v) is 13.1. The van der Waals surface area contributed by atoms with Crippen LogP contribution in [0.4, 0.5) is 10.5 Å². The van der Waals surface area contributed by atoms with Crippen LogP contribution in [-0.4, -0.2) is 18.5 Å². The molecule has 1 aliphatic heterocycles. The minimum atomic E-state index is -0.413. The minimum absolute atomic E-state index is 0.123. The van der Waals surface area contributed by atoms with E-state index in [4.69, 9.17) is 4.74 Å². The molecule has 1 aliphatic rings. The lowest BCUT2D eigenvalue weighted by molar-refractivity contribution is -0.118. The van der Waals surface area contributed by atoms with Crippen molar-refractivity contribution in [2.45, 2.75) is 25.8 Å². The lowest BCUT2D eigenvalue weighted by Gasteiger charge is -2.30. The van der Waals surface area contributed by atoms with E-state index in [0.717, 1.165) is 16.8 Å². The third-order valence-electron chi connectivity index (χ3n) is 4.02. The van der Waals surface area contributed by atoms with Crippen molar-refractivity contribution >= 4 is 17.6 Å². The molecule has 0 saturated carbocycles. The van der Waals surface area contributed by atoms with Crippen molar-refractivity contribution in [2.75, 3.05) is 11.5 Å². The molecule has 0 fully saturated rings. The van der Waals surface area contributed by atoms with Gasteiger partial charge in [-0.1, -0.05) is 48.5 Å². The maximum Gasteiger partial charge on any atom is 0.414 e. The van der Waals surface area contributed by atoms with Crippen molar-refractivity contribution in [3.05, 3.63) is 65.7 Å². The molecule has 1 unspecified atom stereocenters. The number of anilines is 1. The van der Waals surface area contributed by atoms with E-state index in [-0.39, 0.29) is 18.2 Å². The number of ether oxygens (including phenoxy) is 1. The van der Waals surface area contributed by atoms with E-state index >= 15 is 0 Å². The second kappa shape index (κ2) is 6.65. The largest absolute Gasteiger partial charge is 0.449 e. The fourth-order valence-electron chi connectivity index (χ4n) is 3.02. The Hall–Kier alpha value is -2.62. The highest BCUT2D eigenvalue weighted by Crippen LogP contribution is 2.36. The Labute approximate surface area is 135 Å². The summed E-state index contributed by atoms with van der Waals surface area (Å²) in [5.74, 6) is 0.123. The number of nitrogens with zero attached hydrogens (tertiary/aromatic N) is 1. The molecule has 118 valence electrons. The van der Waals surface area contributed by atoms with Gasteiger partial charge in [0, 0.05) is 12.8 Å². The first-order chi connectivity index (χ1) is 11.2. The molecular weight excluding hydrogens is 290 g/mol. The van der Waals surface area contributed by atoms with Gasteiger partial charge in [-0.25, -0.2) is 4.79 Å². The van der Waals surface area contributed by atoms with Crippen LogP contribution in [0.2, 0.25) is 0 Å². The van der Waals surface area contributed by atoms with Crippen molar-refractivity contribution < 1.29 is 14.3 Å². The highest BCUT2D eigenvalue weighted by atomic mass is 16.6. The second-order valence-electron chi connectivity index (χ2n) is 5.54. The van der Waals surface area contributed by atoms with Gasteiger partial charge < -0.3 is 4.74 Å². The van der Waals surface area contributed by atoms with Gasteiger partial charge in [-0.3, -0.25) is 9.69 Å². The van der Waals surface area contributed by atoms with Crippen molar-refractivity contribution in [1.82, 2.24) is 0 Å². The van der Waals surface area contributed by atoms with Crippen LogP contribution < -0.4 is 4.90 Å². The Morgan fingerprint density at radius 1 is 1.13 bits per heavy atom. The number of Topliss-reactive ketones (excluding diaryl/α,β-unsaturated/α-hetero) is 1. The molecule has 1 amide bonds. The Kier molecular flexibility index (Phi) is 4.42. The number of carbonyl (C=O) groups is 2. The van der Waals surface area contributed by atoms with Gasteiger partial charge in [0.15, 0.2) is 0 Å². The van der Waals surface area contributed by atoms with Gasteiger partial charge in [-0.2, -0.15) is 0 Å². The Morgan fingerprint density at radius 3 is 2.57 bits per heavy atom. The van der Waals surface area contributed by atoms with E-state index in [0.29, 0.717) is 13.0 Å². The number of hydrogen-bond donors (Lipinski definition) is 0. The third-order valence-corrected chi connectivity index (χ3v) is 4.02. The number of fused-ring (bicyclic) bond motifs is 1. The number of ketones is 1. The van der Waals surface area contributed by atoms with Crippen LogP contribution in [0, 0.1) is 0 Å². The molecule has 2 aromatic carbocycles. The first kappa shape index (κ1) is 15.3. The average Bonchev–Trinajstić information content (AvgIpc) is 2.71. The molecule has 4 heteroatoms. The number of carbonyl (C=O) groups excluding carboxylic acids is 2. The first-order valence-electron chi connectivity index (χ1n) is 7.81. The van der Waals surface area contributed by atoms with Crippen LogP contribution >= 0.6 is 0 Å². The predicted molar refractivity (Wildman–Crippen MR) is 88.5 cm³/mol. The lowest BCUT2D eigenvalue weighted by Crippen LogP contribution is -2.35. The molecular formula is C19H19NO3. The summed E-state index contributed by atoms with van der Waals surface area (Å²) in [5.41, 5.74) is 2.56. The summed E-state index contributed by atoms with van der Waals surface area (Å²) in [4.78, 5) is 26.6. The van der Waals surface area contributed by atoms with Crippen molar-refractivity contribution in [3.8, 4) is 0 Å². The number of para-hydroxylation sites is 1. The molecule has 2 aromatic rings. The van der Waals surface area contributed by atoms with Crippen molar-refractivity contribution in [3.63, 3.8) is 0 Å². The summed E-state index contributed by atoms with van der Waals surface area (Å²) >= 11 is 0. The molecule has 0 radical (unpaired) electrons. The van der Waals surface area contributed by atoms with E-state index in [9.17, 15) is 9.59 Å². The molecule has 0 spiro atoms. The monoisotopic (exact) mass is 309 g/mol. The zero-order chi connectivity index (χ0) is 16.2. The topological polar surface area (TPSA) is 46.6 Å². The quantitative estimate of drug-likeness (QED) is 0.845. The lowest BCUT2D eigenvalue weighted by atomic mass is 10.00. The van der Waals surface area contributed by atoms with Crippen molar-refractivity contribution in [2.24, 2.45) is 0 Å². The molecule has 3 rings (SSSR count). The van der Waals surface area contributed by atoms with Crippen molar-refractivity contribution in [1.29, 1.82) is 0 Å². The fraction of sp³-hybridized carbons (Fsp3) is 0.263. The van der Waals surface area contributed by atoms with Gasteiger partial charge >= 0.3 is 6.09 Å². The van der Waals surface area contributed by atoms with Crippen LogP contribution in [0.3, 0.4) is 0 Å². The van der Waals surface area contributed by atoms with Crippen LogP contribution in [0.1, 0.15) is 30.5 Å². The summed E-state index contributed by atoms with van der Waals surface area (Å²) in [6.45, 7) is 2.08. The van der Waals surface area contributed by atoms with E-state index in [1.165, 1.54) is 0 Å². The number of hydrogen-bond acceptors (Lipinski definition) is 3. The van der Waals surface area contributed by atoms with Gasteiger partial charge in [0.05, 0.1) is 18.3 Å². The van der Waals surface area contributed by atoms with Crippen LogP contribution in [0.15, 0.2) is 54.6 Å². The maximum atomic E-state index is 12.6. The van der Waals surface area contributed by atoms with Gasteiger partial charge in [0.25, 0.3) is 0 Å².